The van der Waals surface area contributed by atoms with E-state index in [0.29, 0.717) is 6.54 Å². The highest BCUT2D eigenvalue weighted by molar-refractivity contribution is 5.79. The van der Waals surface area contributed by atoms with Crippen LogP contribution in [0.25, 0.3) is 0 Å². The van der Waals surface area contributed by atoms with E-state index in [4.69, 9.17) is 18.7 Å². The number of aryl methyl sites for hydroxylation is 2. The van der Waals surface area contributed by atoms with Gasteiger partial charge in [-0.2, -0.15) is 0 Å². The van der Waals surface area contributed by atoms with E-state index in [9.17, 15) is 0 Å². The largest absolute Gasteiger partial charge is 0.469 e. The molecule has 1 fully saturated rings. The van der Waals surface area contributed by atoms with Crippen LogP contribution in [0.3, 0.4) is 0 Å². The van der Waals surface area contributed by atoms with Gasteiger partial charge in [0.2, 0.25) is 0 Å². The molecule has 0 radical (unpaired) electrons. The molecule has 0 aliphatic carbocycles. The third-order valence-corrected chi connectivity index (χ3v) is 5.07. The molecule has 1 saturated heterocycles. The van der Waals surface area contributed by atoms with E-state index in [-0.39, 0.29) is 0 Å². The number of hydrogen-bond donors (Lipinski definition) is 2. The molecule has 2 aromatic heterocycles. The molecule has 8 heteroatoms. The number of aliphatic imine (C=N–C) groups is 1. The van der Waals surface area contributed by atoms with E-state index >= 15 is 0 Å². The summed E-state index contributed by atoms with van der Waals surface area (Å²) in [5.41, 5.74) is 2.10. The first kappa shape index (κ1) is 21.4. The van der Waals surface area contributed by atoms with Gasteiger partial charge in [0.1, 0.15) is 11.5 Å². The Hall–Kier alpha value is -2.32. The van der Waals surface area contributed by atoms with Crippen LogP contribution in [0.2, 0.25) is 0 Å². The molecule has 0 spiro atoms. The number of nitrogens with zero attached hydrogens (tertiary/aromatic N) is 3. The van der Waals surface area contributed by atoms with Crippen molar-refractivity contribution in [2.24, 2.45) is 4.99 Å². The number of hydrogen-bond acceptors (Lipinski definition) is 6. The Morgan fingerprint density at radius 3 is 2.72 bits per heavy atom. The molecule has 2 N–H and O–H groups in total. The lowest BCUT2D eigenvalue weighted by atomic mass is 10.1. The molecule has 0 bridgehead atoms. The number of furan rings is 1. The number of aromatic nitrogens is 1. The van der Waals surface area contributed by atoms with Crippen LogP contribution in [-0.4, -0.2) is 62.0 Å². The molecule has 0 unspecified atom stereocenters. The molecule has 0 aromatic carbocycles. The molecule has 3 heterocycles. The summed E-state index contributed by atoms with van der Waals surface area (Å²) in [5.74, 6) is 2.69. The number of nitrogens with one attached hydrogen (secondary N) is 2. The molecule has 2 aromatic rings. The summed E-state index contributed by atoms with van der Waals surface area (Å²) in [6, 6.07) is 3.90. The highest BCUT2D eigenvalue weighted by atomic mass is 16.5. The van der Waals surface area contributed by atoms with Crippen LogP contribution in [0.1, 0.15) is 36.6 Å². The van der Waals surface area contributed by atoms with Crippen molar-refractivity contribution in [3.8, 4) is 0 Å². The second-order valence-electron chi connectivity index (χ2n) is 7.04. The van der Waals surface area contributed by atoms with Crippen molar-refractivity contribution < 1.29 is 13.7 Å². The van der Waals surface area contributed by atoms with Crippen LogP contribution in [0, 0.1) is 0 Å². The summed E-state index contributed by atoms with van der Waals surface area (Å²) in [6.07, 6.45) is 4.18. The monoisotopic (exact) mass is 403 g/mol. The van der Waals surface area contributed by atoms with Gasteiger partial charge in [0.25, 0.3) is 0 Å². The van der Waals surface area contributed by atoms with E-state index in [2.05, 4.69) is 34.5 Å². The average molecular weight is 404 g/mol. The van der Waals surface area contributed by atoms with Crippen LogP contribution in [-0.2, 0) is 30.5 Å². The lowest BCUT2D eigenvalue weighted by Gasteiger charge is -2.26. The fourth-order valence-corrected chi connectivity index (χ4v) is 3.37. The minimum Gasteiger partial charge on any atom is -0.469 e. The second-order valence-corrected chi connectivity index (χ2v) is 7.04. The molecule has 0 amide bonds. The SMILES string of the molecule is CCc1noc(CC)c1CN=C(NCCc1ccco1)NCCN1CCOCC1. The Kier molecular flexibility index (Phi) is 8.58. The number of rotatable bonds is 10. The fraction of sp³-hybridized carbons (Fsp3) is 0.619. The summed E-state index contributed by atoms with van der Waals surface area (Å²) in [6.45, 7) is 10.9. The fourth-order valence-electron chi connectivity index (χ4n) is 3.37. The van der Waals surface area contributed by atoms with Gasteiger partial charge in [-0.05, 0) is 18.6 Å². The Morgan fingerprint density at radius 1 is 1.17 bits per heavy atom. The zero-order chi connectivity index (χ0) is 20.3. The molecular formula is C21H33N5O3. The molecule has 1 aliphatic heterocycles. The van der Waals surface area contributed by atoms with E-state index in [1.807, 2.05) is 12.1 Å². The minimum absolute atomic E-state index is 0.559. The Morgan fingerprint density at radius 2 is 2.00 bits per heavy atom. The summed E-state index contributed by atoms with van der Waals surface area (Å²) in [7, 11) is 0. The van der Waals surface area contributed by atoms with Gasteiger partial charge in [-0.3, -0.25) is 4.90 Å². The standard InChI is InChI=1S/C21H33N5O3/c1-3-19-18(20(4-2)29-25-19)16-24-21(22-8-7-17-6-5-13-28-17)23-9-10-26-11-14-27-15-12-26/h5-6,13H,3-4,7-12,14-16H2,1-2H3,(H2,22,23,24). The predicted molar refractivity (Wildman–Crippen MR) is 112 cm³/mol. The van der Waals surface area contributed by atoms with Gasteiger partial charge in [-0.1, -0.05) is 19.0 Å². The zero-order valence-corrected chi connectivity index (χ0v) is 17.6. The molecule has 29 heavy (non-hydrogen) atoms. The smallest absolute Gasteiger partial charge is 0.191 e. The maximum absolute atomic E-state index is 5.47. The van der Waals surface area contributed by atoms with Gasteiger partial charge < -0.3 is 24.3 Å². The molecule has 3 rings (SSSR count). The number of guanidine groups is 1. The summed E-state index contributed by atoms with van der Waals surface area (Å²) in [4.78, 5) is 7.21. The second kappa shape index (κ2) is 11.6. The third-order valence-electron chi connectivity index (χ3n) is 5.07. The predicted octanol–water partition coefficient (Wildman–Crippen LogP) is 2.00. The van der Waals surface area contributed by atoms with Crippen LogP contribution >= 0.6 is 0 Å². The molecule has 0 atom stereocenters. The minimum atomic E-state index is 0.559. The van der Waals surface area contributed by atoms with Crippen LogP contribution in [0.5, 0.6) is 0 Å². The van der Waals surface area contributed by atoms with Crippen molar-refractivity contribution in [2.45, 2.75) is 39.7 Å². The average Bonchev–Trinajstić information content (AvgIpc) is 3.41. The van der Waals surface area contributed by atoms with Crippen LogP contribution < -0.4 is 10.6 Å². The topological polar surface area (TPSA) is 88.1 Å². The van der Waals surface area contributed by atoms with E-state index in [1.54, 1.807) is 6.26 Å². The van der Waals surface area contributed by atoms with Crippen LogP contribution in [0.4, 0.5) is 0 Å². The number of morpholine rings is 1. The molecule has 0 saturated carbocycles. The molecule has 1 aliphatic rings. The van der Waals surface area contributed by atoms with Crippen molar-refractivity contribution in [3.63, 3.8) is 0 Å². The first-order chi connectivity index (χ1) is 14.3. The van der Waals surface area contributed by atoms with Gasteiger partial charge in [0.05, 0.1) is 31.7 Å². The Balaban J connectivity index is 1.57. The maximum atomic E-state index is 5.47. The van der Waals surface area contributed by atoms with Crippen molar-refractivity contribution in [1.29, 1.82) is 0 Å². The third kappa shape index (κ3) is 6.61. The van der Waals surface area contributed by atoms with E-state index in [1.165, 1.54) is 0 Å². The lowest BCUT2D eigenvalue weighted by Crippen LogP contribution is -2.44. The summed E-state index contributed by atoms with van der Waals surface area (Å²) >= 11 is 0. The van der Waals surface area contributed by atoms with Gasteiger partial charge >= 0.3 is 0 Å². The van der Waals surface area contributed by atoms with E-state index in [0.717, 1.165) is 93.9 Å². The first-order valence-corrected chi connectivity index (χ1v) is 10.6. The lowest BCUT2D eigenvalue weighted by molar-refractivity contribution is 0.0389. The Labute approximate surface area is 172 Å². The maximum Gasteiger partial charge on any atom is 0.191 e. The Bertz CT molecular complexity index is 714. The number of ether oxygens (including phenoxy) is 1. The highest BCUT2D eigenvalue weighted by Gasteiger charge is 2.14. The highest BCUT2D eigenvalue weighted by Crippen LogP contribution is 2.16. The molecular weight excluding hydrogens is 370 g/mol. The zero-order valence-electron chi connectivity index (χ0n) is 17.6. The molecule has 8 nitrogen and oxygen atoms in total. The van der Waals surface area contributed by atoms with Gasteiger partial charge in [-0.15, -0.1) is 0 Å². The quantitative estimate of drug-likeness (QED) is 0.463. The first-order valence-electron chi connectivity index (χ1n) is 10.6. The van der Waals surface area contributed by atoms with Gasteiger partial charge in [0.15, 0.2) is 5.96 Å². The summed E-state index contributed by atoms with van der Waals surface area (Å²) < 4.78 is 16.3. The van der Waals surface area contributed by atoms with E-state index < -0.39 is 0 Å². The van der Waals surface area contributed by atoms with Crippen molar-refractivity contribution >= 4 is 5.96 Å². The van der Waals surface area contributed by atoms with Crippen LogP contribution in [0.15, 0.2) is 32.3 Å². The van der Waals surface area contributed by atoms with Gasteiger partial charge in [0, 0.05) is 51.1 Å². The van der Waals surface area contributed by atoms with Crippen molar-refractivity contribution in [1.82, 2.24) is 20.7 Å². The summed E-state index contributed by atoms with van der Waals surface area (Å²) in [5, 5.41) is 11.1. The molecule has 160 valence electrons. The normalized spacial score (nSPS) is 15.6. The van der Waals surface area contributed by atoms with Gasteiger partial charge in [-0.25, -0.2) is 4.99 Å². The van der Waals surface area contributed by atoms with Crippen molar-refractivity contribution in [2.75, 3.05) is 45.9 Å². The van der Waals surface area contributed by atoms with Crippen molar-refractivity contribution in [3.05, 3.63) is 41.2 Å².